The minimum atomic E-state index is -3.44. The summed E-state index contributed by atoms with van der Waals surface area (Å²) in [4.78, 5) is 37.1. The van der Waals surface area contributed by atoms with Gasteiger partial charge in [0.2, 0.25) is 0 Å². The molecule has 3 atom stereocenters. The summed E-state index contributed by atoms with van der Waals surface area (Å²) in [6, 6.07) is 8.35. The maximum Gasteiger partial charge on any atom is 0.341 e. The van der Waals surface area contributed by atoms with E-state index >= 15 is 0 Å². The predicted octanol–water partition coefficient (Wildman–Crippen LogP) is 4.41. The summed E-state index contributed by atoms with van der Waals surface area (Å²) in [5, 5.41) is 9.09. The Morgan fingerprint density at radius 1 is 1.32 bits per heavy atom. The molecule has 1 amide bonds. The lowest BCUT2D eigenvalue weighted by Crippen LogP contribution is -2.36. The molecular weight excluding hydrogens is 424 g/mol. The second kappa shape index (κ2) is 9.77. The molecular formula is C23H25F2NO4S. The van der Waals surface area contributed by atoms with Crippen LogP contribution in [0.4, 0.5) is 8.78 Å². The van der Waals surface area contributed by atoms with Gasteiger partial charge >= 0.3 is 11.9 Å². The van der Waals surface area contributed by atoms with Crippen LogP contribution in [-0.4, -0.2) is 51.4 Å². The number of carboxylic acids is 1. The van der Waals surface area contributed by atoms with E-state index in [1.807, 2.05) is 30.3 Å². The van der Waals surface area contributed by atoms with Crippen molar-refractivity contribution in [2.45, 2.75) is 55.7 Å². The monoisotopic (exact) mass is 449 g/mol. The van der Waals surface area contributed by atoms with Gasteiger partial charge in [-0.15, -0.1) is 11.8 Å². The second-order valence-corrected chi connectivity index (χ2v) is 9.20. The Hall–Kier alpha value is -2.48. The SMILES string of the molecule is C[C@H](C(=O)/C=C/[C@H]1CC(F)(F)C(=O)N1CCCC1CC=C(C(=O)O)S1)c1ccccc1. The highest BCUT2D eigenvalue weighted by Gasteiger charge is 2.52. The average molecular weight is 450 g/mol. The first-order valence-corrected chi connectivity index (χ1v) is 11.1. The summed E-state index contributed by atoms with van der Waals surface area (Å²) in [5.41, 5.74) is 0.838. The van der Waals surface area contributed by atoms with Crippen molar-refractivity contribution in [2.24, 2.45) is 0 Å². The lowest BCUT2D eigenvalue weighted by molar-refractivity contribution is -0.148. The number of nitrogens with zero attached hydrogens (tertiary/aromatic N) is 1. The average Bonchev–Trinajstić information content (AvgIpc) is 3.30. The number of amides is 1. The number of carbonyl (C=O) groups excluding carboxylic acids is 2. The fourth-order valence-corrected chi connectivity index (χ4v) is 4.96. The number of thioether (sulfide) groups is 1. The molecule has 0 aliphatic carbocycles. The van der Waals surface area contributed by atoms with Crippen LogP contribution < -0.4 is 0 Å². The van der Waals surface area contributed by atoms with Crippen LogP contribution in [0.2, 0.25) is 0 Å². The van der Waals surface area contributed by atoms with Gasteiger partial charge in [0.1, 0.15) is 0 Å². The third-order valence-electron chi connectivity index (χ3n) is 5.64. The molecule has 2 heterocycles. The molecule has 1 fully saturated rings. The number of alkyl halides is 2. The first-order chi connectivity index (χ1) is 14.7. The van der Waals surface area contributed by atoms with Gasteiger partial charge in [-0.2, -0.15) is 8.78 Å². The minimum Gasteiger partial charge on any atom is -0.477 e. The number of likely N-dealkylation sites (tertiary alicyclic amines) is 1. The van der Waals surface area contributed by atoms with Gasteiger partial charge in [0.25, 0.3) is 5.91 Å². The maximum atomic E-state index is 14.1. The molecule has 0 saturated carbocycles. The smallest absolute Gasteiger partial charge is 0.341 e. The van der Waals surface area contributed by atoms with E-state index in [-0.39, 0.29) is 17.6 Å². The lowest BCUT2D eigenvalue weighted by Gasteiger charge is -2.22. The zero-order chi connectivity index (χ0) is 22.6. The van der Waals surface area contributed by atoms with E-state index < -0.39 is 36.2 Å². The third kappa shape index (κ3) is 5.61. The van der Waals surface area contributed by atoms with Crippen molar-refractivity contribution in [3.05, 3.63) is 59.0 Å². The standard InChI is InChI=1S/C23H25F2NO4S/c1-15(16-6-3-2-4-7-16)19(27)11-9-17-14-23(24,25)22(30)26(17)13-5-8-18-10-12-20(31-18)21(28)29/h2-4,6-7,9,11-12,15,17-18H,5,8,10,13-14H2,1H3,(H,28,29)/b11-9+/t15-,17-,18?/m0/s1. The van der Waals surface area contributed by atoms with Crippen LogP contribution in [0.25, 0.3) is 0 Å². The molecule has 1 N–H and O–H groups in total. The highest BCUT2D eigenvalue weighted by molar-refractivity contribution is 8.04. The summed E-state index contributed by atoms with van der Waals surface area (Å²) in [6.45, 7) is 1.90. The molecule has 0 radical (unpaired) electrons. The number of carbonyl (C=O) groups is 3. The molecule has 166 valence electrons. The fourth-order valence-electron chi connectivity index (χ4n) is 3.83. The second-order valence-electron chi connectivity index (χ2n) is 7.86. The number of aliphatic carboxylic acids is 1. The topological polar surface area (TPSA) is 74.7 Å². The van der Waals surface area contributed by atoms with Crippen molar-refractivity contribution < 1.29 is 28.3 Å². The quantitative estimate of drug-likeness (QED) is 0.566. The summed E-state index contributed by atoms with van der Waals surface area (Å²) in [6.07, 6.45) is 5.46. The number of hydrogen-bond donors (Lipinski definition) is 1. The number of rotatable bonds is 9. The van der Waals surface area contributed by atoms with Crippen LogP contribution in [0.15, 0.2) is 53.5 Å². The van der Waals surface area contributed by atoms with Crippen LogP contribution in [0.1, 0.15) is 44.1 Å². The molecule has 1 unspecified atom stereocenters. The third-order valence-corrected chi connectivity index (χ3v) is 7.00. The van der Waals surface area contributed by atoms with Crippen LogP contribution in [0, 0.1) is 0 Å². The van der Waals surface area contributed by atoms with Crippen LogP contribution in [0.3, 0.4) is 0 Å². The molecule has 8 heteroatoms. The van der Waals surface area contributed by atoms with E-state index in [2.05, 4.69) is 0 Å². The van der Waals surface area contributed by atoms with Crippen LogP contribution in [-0.2, 0) is 14.4 Å². The first kappa shape index (κ1) is 23.2. The maximum absolute atomic E-state index is 14.1. The fraction of sp³-hybridized carbons (Fsp3) is 0.435. The van der Waals surface area contributed by atoms with E-state index in [0.29, 0.717) is 24.2 Å². The first-order valence-electron chi connectivity index (χ1n) is 10.2. The molecule has 5 nitrogen and oxygen atoms in total. The van der Waals surface area contributed by atoms with E-state index in [0.717, 1.165) is 10.5 Å². The Morgan fingerprint density at radius 3 is 2.68 bits per heavy atom. The Labute approximate surface area is 184 Å². The van der Waals surface area contributed by atoms with Gasteiger partial charge in [0.15, 0.2) is 5.78 Å². The summed E-state index contributed by atoms with van der Waals surface area (Å²) in [5.74, 6) is -6.22. The summed E-state index contributed by atoms with van der Waals surface area (Å²) in [7, 11) is 0. The van der Waals surface area contributed by atoms with E-state index in [9.17, 15) is 23.2 Å². The molecule has 1 aromatic rings. The van der Waals surface area contributed by atoms with Crippen molar-refractivity contribution in [1.82, 2.24) is 4.90 Å². The van der Waals surface area contributed by atoms with E-state index in [1.54, 1.807) is 13.0 Å². The van der Waals surface area contributed by atoms with Gasteiger partial charge in [-0.25, -0.2) is 4.79 Å². The van der Waals surface area contributed by atoms with Crippen molar-refractivity contribution >= 4 is 29.4 Å². The molecule has 1 saturated heterocycles. The number of allylic oxidation sites excluding steroid dienone is 2. The van der Waals surface area contributed by atoms with Gasteiger partial charge in [-0.05, 0) is 30.9 Å². The van der Waals surface area contributed by atoms with Gasteiger partial charge in [-0.1, -0.05) is 49.4 Å². The molecule has 1 aromatic carbocycles. The Morgan fingerprint density at radius 2 is 2.03 bits per heavy atom. The van der Waals surface area contributed by atoms with Gasteiger partial charge in [-0.3, -0.25) is 9.59 Å². The molecule has 2 aliphatic rings. The normalized spacial score (nSPS) is 23.9. The van der Waals surface area contributed by atoms with Crippen molar-refractivity contribution in [3.63, 3.8) is 0 Å². The van der Waals surface area contributed by atoms with Crippen molar-refractivity contribution in [2.75, 3.05) is 6.54 Å². The summed E-state index contributed by atoms with van der Waals surface area (Å²) < 4.78 is 28.1. The van der Waals surface area contributed by atoms with Crippen LogP contribution in [0.5, 0.6) is 0 Å². The number of ketones is 1. The molecule has 31 heavy (non-hydrogen) atoms. The van der Waals surface area contributed by atoms with E-state index in [4.69, 9.17) is 5.11 Å². The number of carboxylic acid groups (broad SMARTS) is 1. The number of benzene rings is 1. The number of hydrogen-bond acceptors (Lipinski definition) is 4. The Bertz CT molecular complexity index is 900. The number of halogens is 2. The van der Waals surface area contributed by atoms with E-state index in [1.165, 1.54) is 23.9 Å². The zero-order valence-electron chi connectivity index (χ0n) is 17.2. The molecule has 2 aliphatic heterocycles. The largest absolute Gasteiger partial charge is 0.477 e. The summed E-state index contributed by atoms with van der Waals surface area (Å²) >= 11 is 1.27. The molecule has 0 spiro atoms. The molecule has 0 bridgehead atoms. The molecule has 3 rings (SSSR count). The minimum absolute atomic E-state index is 0.0756. The van der Waals surface area contributed by atoms with Gasteiger partial charge in [0, 0.05) is 24.1 Å². The Balaban J connectivity index is 1.58. The van der Waals surface area contributed by atoms with Crippen molar-refractivity contribution in [3.8, 4) is 0 Å². The van der Waals surface area contributed by atoms with Crippen molar-refractivity contribution in [1.29, 1.82) is 0 Å². The highest BCUT2D eigenvalue weighted by Crippen LogP contribution is 2.37. The van der Waals surface area contributed by atoms with Crippen LogP contribution >= 0.6 is 11.8 Å². The molecule has 0 aromatic heterocycles. The highest BCUT2D eigenvalue weighted by atomic mass is 32.2. The van der Waals surface area contributed by atoms with Gasteiger partial charge < -0.3 is 10.0 Å². The van der Waals surface area contributed by atoms with Gasteiger partial charge in [0.05, 0.1) is 10.9 Å². The lowest BCUT2D eigenvalue weighted by atomic mass is 9.96. The Kier molecular flexibility index (Phi) is 7.30. The predicted molar refractivity (Wildman–Crippen MR) is 115 cm³/mol. The zero-order valence-corrected chi connectivity index (χ0v) is 18.0.